The summed E-state index contributed by atoms with van der Waals surface area (Å²) in [6.07, 6.45) is 3.50. The first kappa shape index (κ1) is 21.4. The third kappa shape index (κ3) is 51.4. The molecule has 0 atom stereocenters. The Morgan fingerprint density at radius 2 is 1.87 bits per heavy atom. The van der Waals surface area contributed by atoms with E-state index in [1.54, 1.807) is 0 Å². The van der Waals surface area contributed by atoms with E-state index in [-0.39, 0.29) is 31.0 Å². The Bertz CT molecular complexity index is 239. The summed E-state index contributed by atoms with van der Waals surface area (Å²) in [7, 11) is -4.67. The number of rotatable bonds is 4. The molecule has 15 heavy (non-hydrogen) atoms. The molecular formula is C6H15NaO5S3. The van der Waals surface area contributed by atoms with Crippen LogP contribution in [0.15, 0.2) is 0 Å². The zero-order valence-corrected chi connectivity index (χ0v) is 13.2. The molecule has 88 valence electrons. The van der Waals surface area contributed by atoms with E-state index in [2.05, 4.69) is 31.8 Å². The normalized spacial score (nSPS) is 9.33. The second kappa shape index (κ2) is 13.2. The fourth-order valence-corrected chi connectivity index (χ4v) is 0.686. The summed E-state index contributed by atoms with van der Waals surface area (Å²) in [5.41, 5.74) is 0. The van der Waals surface area contributed by atoms with E-state index < -0.39 is 10.4 Å². The summed E-state index contributed by atoms with van der Waals surface area (Å²) in [5, 5.41) is 0. The predicted molar refractivity (Wildman–Crippen MR) is 62.4 cm³/mol. The van der Waals surface area contributed by atoms with Crippen molar-refractivity contribution in [3.63, 3.8) is 0 Å². The van der Waals surface area contributed by atoms with E-state index in [1.165, 1.54) is 12.8 Å². The van der Waals surface area contributed by atoms with Crippen LogP contribution in [-0.4, -0.2) is 28.5 Å². The molecule has 0 saturated heterocycles. The van der Waals surface area contributed by atoms with Crippen molar-refractivity contribution in [2.45, 2.75) is 26.2 Å². The molecule has 0 aliphatic carbocycles. The van der Waals surface area contributed by atoms with Crippen molar-refractivity contribution in [3.05, 3.63) is 0 Å². The van der Waals surface area contributed by atoms with Crippen molar-refractivity contribution in [1.29, 1.82) is 0 Å². The molecule has 0 aliphatic rings. The molecule has 0 unspecified atom stereocenters. The van der Waals surface area contributed by atoms with Crippen LogP contribution in [-0.2, 0) is 15.1 Å². The van der Waals surface area contributed by atoms with Crippen LogP contribution in [0.4, 0.5) is 0 Å². The summed E-state index contributed by atoms with van der Waals surface area (Å²) < 4.78 is 36.9. The molecule has 0 aromatic rings. The third-order valence-electron chi connectivity index (χ3n) is 0.973. The minimum Gasteiger partial charge on any atom is -1.00 e. The molecule has 0 rings (SSSR count). The average Bonchev–Trinajstić information content (AvgIpc) is 1.94. The van der Waals surface area contributed by atoms with Crippen LogP contribution in [0, 0.1) is 0 Å². The van der Waals surface area contributed by atoms with Gasteiger partial charge in [0.1, 0.15) is 0 Å². The maximum Gasteiger partial charge on any atom is 1.00 e. The molecule has 0 bridgehead atoms. The third-order valence-corrected chi connectivity index (χ3v) is 1.22. The van der Waals surface area contributed by atoms with Gasteiger partial charge in [0.15, 0.2) is 0 Å². The molecule has 0 saturated carbocycles. The quantitative estimate of drug-likeness (QED) is 0.199. The Balaban J connectivity index is -0.0000000904. The largest absolute Gasteiger partial charge is 1.00 e. The van der Waals surface area contributed by atoms with Gasteiger partial charge in [-0.15, -0.1) is 0 Å². The molecule has 0 spiro atoms. The Morgan fingerprint density at radius 1 is 1.47 bits per heavy atom. The minimum atomic E-state index is -4.67. The second-order valence-electron chi connectivity index (χ2n) is 2.27. The van der Waals surface area contributed by atoms with Gasteiger partial charge in [0.2, 0.25) is 4.38 Å². The number of hydrogen-bond acceptors (Lipinski definition) is 4. The minimum absolute atomic E-state index is 0. The maximum absolute atomic E-state index is 8.74. The number of ether oxygens (including phenoxy) is 1. The van der Waals surface area contributed by atoms with Gasteiger partial charge < -0.3 is 6.16 Å². The summed E-state index contributed by atoms with van der Waals surface area (Å²) in [5.74, 6) is 0. The van der Waals surface area contributed by atoms with Gasteiger partial charge in [0.25, 0.3) is 0 Å². The fourth-order valence-electron chi connectivity index (χ4n) is 0.512. The van der Waals surface area contributed by atoms with Crippen molar-refractivity contribution in [2.75, 3.05) is 6.61 Å². The molecule has 0 fully saturated rings. The first-order chi connectivity index (χ1) is 6.27. The number of thiocarbonyl (C=S) groups is 1. The van der Waals surface area contributed by atoms with Gasteiger partial charge in [-0.25, -0.2) is 0 Å². The zero-order chi connectivity index (χ0) is 11.6. The SMILES string of the molecule is CCCCCOC(=S)S.O=S(=O)(O)O.[H-].[Na+]. The molecule has 0 aliphatic heterocycles. The zero-order valence-electron chi connectivity index (χ0n) is 9.71. The van der Waals surface area contributed by atoms with E-state index in [0.29, 0.717) is 4.38 Å². The molecule has 9 heteroatoms. The molecule has 5 nitrogen and oxygen atoms in total. The van der Waals surface area contributed by atoms with E-state index in [0.717, 1.165) is 13.0 Å². The van der Waals surface area contributed by atoms with Crippen molar-refractivity contribution >= 4 is 39.6 Å². The van der Waals surface area contributed by atoms with Crippen LogP contribution < -0.4 is 29.6 Å². The first-order valence-electron chi connectivity index (χ1n) is 3.83. The van der Waals surface area contributed by atoms with Crippen molar-refractivity contribution in [3.8, 4) is 0 Å². The van der Waals surface area contributed by atoms with Gasteiger partial charge in [-0.3, -0.25) is 9.11 Å². The molecule has 0 amide bonds. The molecular weight excluding hydrogens is 271 g/mol. The van der Waals surface area contributed by atoms with E-state index >= 15 is 0 Å². The van der Waals surface area contributed by atoms with Crippen LogP contribution in [0.25, 0.3) is 0 Å². The molecule has 0 heterocycles. The Labute approximate surface area is 125 Å². The van der Waals surface area contributed by atoms with Crippen molar-refractivity contribution in [2.24, 2.45) is 0 Å². The van der Waals surface area contributed by atoms with Crippen LogP contribution >= 0.6 is 24.8 Å². The summed E-state index contributed by atoms with van der Waals surface area (Å²) >= 11 is 8.40. The van der Waals surface area contributed by atoms with Crippen LogP contribution in [0.1, 0.15) is 27.6 Å². The monoisotopic (exact) mass is 286 g/mol. The Hall–Kier alpha value is 1.11. The van der Waals surface area contributed by atoms with Crippen LogP contribution in [0.3, 0.4) is 0 Å². The van der Waals surface area contributed by atoms with Crippen molar-refractivity contribution in [1.82, 2.24) is 0 Å². The van der Waals surface area contributed by atoms with Gasteiger partial charge in [0.05, 0.1) is 6.61 Å². The van der Waals surface area contributed by atoms with E-state index in [9.17, 15) is 0 Å². The molecule has 0 radical (unpaired) electrons. The predicted octanol–water partition coefficient (Wildman–Crippen LogP) is -1.13. The number of thiol groups is 1. The number of unbranched alkanes of at least 4 members (excludes halogenated alkanes) is 2. The first-order valence-corrected chi connectivity index (χ1v) is 6.08. The number of hydrogen-bond donors (Lipinski definition) is 3. The van der Waals surface area contributed by atoms with Gasteiger partial charge in [-0.05, 0) is 18.6 Å². The topological polar surface area (TPSA) is 83.8 Å². The summed E-state index contributed by atoms with van der Waals surface area (Å²) in [6, 6.07) is 0. The standard InChI is InChI=1S/C6H12OS2.Na.H2O4S.H/c1-2-3-4-5-7-6(8)9;;1-5(2,3)4;/h2-5H2,1H3,(H,8,9);;(H2,1,2,3,4);/q;+1;;-1. The van der Waals surface area contributed by atoms with Gasteiger partial charge in [-0.2, -0.15) is 8.42 Å². The summed E-state index contributed by atoms with van der Waals surface area (Å²) in [4.78, 5) is 0. The van der Waals surface area contributed by atoms with E-state index in [4.69, 9.17) is 22.3 Å². The Morgan fingerprint density at radius 3 is 2.13 bits per heavy atom. The van der Waals surface area contributed by atoms with Crippen LogP contribution in [0.5, 0.6) is 0 Å². The molecule has 2 N–H and O–H groups in total. The van der Waals surface area contributed by atoms with Crippen molar-refractivity contribution < 1.29 is 53.2 Å². The van der Waals surface area contributed by atoms with E-state index in [1.807, 2.05) is 0 Å². The maximum atomic E-state index is 8.74. The van der Waals surface area contributed by atoms with Gasteiger partial charge in [0, 0.05) is 0 Å². The second-order valence-corrected chi connectivity index (χ2v) is 4.24. The fraction of sp³-hybridized carbons (Fsp3) is 0.833. The smallest absolute Gasteiger partial charge is 1.00 e. The summed E-state index contributed by atoms with van der Waals surface area (Å²) in [6.45, 7) is 2.87. The Kier molecular flexibility index (Phi) is 18.8. The van der Waals surface area contributed by atoms with Crippen LogP contribution in [0.2, 0.25) is 0 Å². The van der Waals surface area contributed by atoms with Gasteiger partial charge >= 0.3 is 40.0 Å². The molecule has 0 aromatic carbocycles. The van der Waals surface area contributed by atoms with Gasteiger partial charge in [-0.1, -0.05) is 32.4 Å². The average molecular weight is 286 g/mol. The molecule has 0 aromatic heterocycles.